The standard InChI is InChI=1S/C26H27ClN6O2/c1-4-26(2,3)29-25(35)24(18-10-9-15-28-16-18)33(21-13-7-5-11-19(21)27)23(34)17-32-22-14-8-6-12-20(22)30-31-32/h5-16,24H,4,17H2,1-3H3,(H,29,35)/t24-/m0/s1. The van der Waals surface area contributed by atoms with Crippen molar-refractivity contribution >= 4 is 40.1 Å². The first kappa shape index (κ1) is 24.3. The number of carbonyl (C=O) groups is 2. The Labute approximate surface area is 208 Å². The molecule has 2 heterocycles. The Morgan fingerprint density at radius 3 is 2.54 bits per heavy atom. The Morgan fingerprint density at radius 2 is 1.83 bits per heavy atom. The smallest absolute Gasteiger partial charge is 0.249 e. The lowest BCUT2D eigenvalue weighted by atomic mass is 9.99. The summed E-state index contributed by atoms with van der Waals surface area (Å²) in [7, 11) is 0. The molecule has 2 aromatic heterocycles. The average molecular weight is 491 g/mol. The lowest BCUT2D eigenvalue weighted by molar-refractivity contribution is -0.128. The topological polar surface area (TPSA) is 93.0 Å². The molecule has 0 bridgehead atoms. The fourth-order valence-electron chi connectivity index (χ4n) is 3.75. The van der Waals surface area contributed by atoms with Crippen LogP contribution in [0.5, 0.6) is 0 Å². The van der Waals surface area contributed by atoms with E-state index < -0.39 is 11.6 Å². The van der Waals surface area contributed by atoms with Crippen molar-refractivity contribution in [3.63, 3.8) is 0 Å². The number of anilines is 1. The van der Waals surface area contributed by atoms with Crippen LogP contribution in [-0.4, -0.2) is 37.3 Å². The minimum absolute atomic E-state index is 0.132. The van der Waals surface area contributed by atoms with Crippen LogP contribution in [0.3, 0.4) is 0 Å². The third-order valence-corrected chi connectivity index (χ3v) is 6.26. The number of rotatable bonds is 8. The molecule has 0 aliphatic heterocycles. The van der Waals surface area contributed by atoms with Crippen LogP contribution < -0.4 is 10.2 Å². The maximum Gasteiger partial charge on any atom is 0.249 e. The second-order valence-electron chi connectivity index (χ2n) is 8.87. The molecule has 0 aliphatic carbocycles. The van der Waals surface area contributed by atoms with Crippen LogP contribution in [0.15, 0.2) is 73.1 Å². The summed E-state index contributed by atoms with van der Waals surface area (Å²) in [6.07, 6.45) is 3.92. The quantitative estimate of drug-likeness (QED) is 0.391. The highest BCUT2D eigenvalue weighted by molar-refractivity contribution is 6.34. The highest BCUT2D eigenvalue weighted by Crippen LogP contribution is 2.34. The Hall–Kier alpha value is -3.78. The first-order valence-electron chi connectivity index (χ1n) is 11.4. The van der Waals surface area contributed by atoms with Gasteiger partial charge in [-0.2, -0.15) is 0 Å². The fraction of sp³-hybridized carbons (Fsp3) is 0.269. The zero-order chi connectivity index (χ0) is 25.0. The first-order chi connectivity index (χ1) is 16.8. The molecule has 0 spiro atoms. The Morgan fingerprint density at radius 1 is 1.09 bits per heavy atom. The molecule has 0 saturated carbocycles. The molecule has 9 heteroatoms. The van der Waals surface area contributed by atoms with Gasteiger partial charge in [-0.15, -0.1) is 5.10 Å². The summed E-state index contributed by atoms with van der Waals surface area (Å²) in [5.74, 6) is -0.700. The van der Waals surface area contributed by atoms with Crippen LogP contribution in [0.4, 0.5) is 5.69 Å². The van der Waals surface area contributed by atoms with Crippen LogP contribution >= 0.6 is 11.6 Å². The highest BCUT2D eigenvalue weighted by atomic mass is 35.5. The van der Waals surface area contributed by atoms with E-state index in [1.54, 1.807) is 48.8 Å². The summed E-state index contributed by atoms with van der Waals surface area (Å²) < 4.78 is 1.52. The molecule has 4 aromatic rings. The lowest BCUT2D eigenvalue weighted by Gasteiger charge is -2.34. The van der Waals surface area contributed by atoms with Gasteiger partial charge in [0.05, 0.1) is 16.2 Å². The summed E-state index contributed by atoms with van der Waals surface area (Å²) in [6.45, 7) is 5.74. The molecule has 0 radical (unpaired) electrons. The van der Waals surface area contributed by atoms with Crippen LogP contribution in [0.2, 0.25) is 5.02 Å². The zero-order valence-corrected chi connectivity index (χ0v) is 20.6. The molecule has 35 heavy (non-hydrogen) atoms. The number of para-hydroxylation sites is 2. The van der Waals surface area contributed by atoms with Crippen molar-refractivity contribution in [2.75, 3.05) is 4.90 Å². The molecule has 2 aromatic carbocycles. The van der Waals surface area contributed by atoms with Crippen LogP contribution in [0, 0.1) is 0 Å². The van der Waals surface area contributed by atoms with Crippen molar-refractivity contribution in [2.45, 2.75) is 45.3 Å². The van der Waals surface area contributed by atoms with Crippen molar-refractivity contribution < 1.29 is 9.59 Å². The predicted molar refractivity (Wildman–Crippen MR) is 136 cm³/mol. The predicted octanol–water partition coefficient (Wildman–Crippen LogP) is 4.56. The maximum atomic E-state index is 13.9. The third kappa shape index (κ3) is 5.33. The number of halogens is 1. The van der Waals surface area contributed by atoms with Crippen LogP contribution in [0.1, 0.15) is 38.8 Å². The average Bonchev–Trinajstić information content (AvgIpc) is 3.26. The lowest BCUT2D eigenvalue weighted by Crippen LogP contribution is -2.51. The van der Waals surface area contributed by atoms with E-state index in [4.69, 9.17) is 11.6 Å². The first-order valence-corrected chi connectivity index (χ1v) is 11.8. The van der Waals surface area contributed by atoms with Gasteiger partial charge in [0.2, 0.25) is 11.8 Å². The van der Waals surface area contributed by atoms with Crippen molar-refractivity contribution in [3.05, 3.63) is 83.6 Å². The number of fused-ring (bicyclic) bond motifs is 1. The van der Waals surface area contributed by atoms with Crippen molar-refractivity contribution in [3.8, 4) is 0 Å². The van der Waals surface area contributed by atoms with E-state index in [9.17, 15) is 9.59 Å². The van der Waals surface area contributed by atoms with Gasteiger partial charge in [-0.25, -0.2) is 4.68 Å². The van der Waals surface area contributed by atoms with Crippen molar-refractivity contribution in [2.24, 2.45) is 0 Å². The molecule has 2 amide bonds. The summed E-state index contributed by atoms with van der Waals surface area (Å²) >= 11 is 6.56. The number of carbonyl (C=O) groups excluding carboxylic acids is 2. The molecule has 0 saturated heterocycles. The number of nitrogens with zero attached hydrogens (tertiary/aromatic N) is 5. The fourth-order valence-corrected chi connectivity index (χ4v) is 3.98. The molecular formula is C26H27ClN6O2. The van der Waals surface area contributed by atoms with Gasteiger partial charge < -0.3 is 5.32 Å². The molecule has 0 fully saturated rings. The van der Waals surface area contributed by atoms with E-state index in [1.165, 1.54) is 9.58 Å². The molecular weight excluding hydrogens is 464 g/mol. The summed E-state index contributed by atoms with van der Waals surface area (Å²) in [6, 6.07) is 16.9. The molecule has 0 unspecified atom stereocenters. The van der Waals surface area contributed by atoms with Gasteiger partial charge in [0, 0.05) is 23.5 Å². The molecule has 8 nitrogen and oxygen atoms in total. The molecule has 4 rings (SSSR count). The summed E-state index contributed by atoms with van der Waals surface area (Å²) in [5, 5.41) is 11.7. The molecule has 180 valence electrons. The summed E-state index contributed by atoms with van der Waals surface area (Å²) in [4.78, 5) is 33.3. The van der Waals surface area contributed by atoms with Gasteiger partial charge in [-0.3, -0.25) is 19.5 Å². The molecule has 1 N–H and O–H groups in total. The Kier molecular flexibility index (Phi) is 7.12. The number of benzene rings is 2. The minimum atomic E-state index is -1.00. The summed E-state index contributed by atoms with van der Waals surface area (Å²) in [5.41, 5.74) is 1.90. The van der Waals surface area contributed by atoms with E-state index in [0.29, 0.717) is 28.2 Å². The van der Waals surface area contributed by atoms with E-state index in [0.717, 1.165) is 5.52 Å². The molecule has 1 atom stereocenters. The van der Waals surface area contributed by atoms with Gasteiger partial charge in [-0.05, 0) is 50.6 Å². The van der Waals surface area contributed by atoms with Gasteiger partial charge in [0.25, 0.3) is 0 Å². The van der Waals surface area contributed by atoms with E-state index >= 15 is 0 Å². The number of pyridine rings is 1. The third-order valence-electron chi connectivity index (χ3n) is 5.94. The van der Waals surface area contributed by atoms with Crippen LogP contribution in [0.25, 0.3) is 11.0 Å². The van der Waals surface area contributed by atoms with Gasteiger partial charge in [0.1, 0.15) is 18.1 Å². The largest absolute Gasteiger partial charge is 0.349 e. The number of aromatic nitrogens is 4. The highest BCUT2D eigenvalue weighted by Gasteiger charge is 2.36. The van der Waals surface area contributed by atoms with E-state index in [2.05, 4.69) is 20.6 Å². The Bertz CT molecular complexity index is 1340. The van der Waals surface area contributed by atoms with Crippen molar-refractivity contribution in [1.29, 1.82) is 0 Å². The second-order valence-corrected chi connectivity index (χ2v) is 9.27. The Balaban J connectivity index is 1.82. The van der Waals surface area contributed by atoms with E-state index in [-0.39, 0.29) is 18.4 Å². The normalized spacial score (nSPS) is 12.3. The van der Waals surface area contributed by atoms with Crippen LogP contribution in [-0.2, 0) is 16.1 Å². The zero-order valence-electron chi connectivity index (χ0n) is 19.9. The number of hydrogen-bond donors (Lipinski definition) is 1. The number of hydrogen-bond acceptors (Lipinski definition) is 5. The minimum Gasteiger partial charge on any atom is -0.349 e. The second kappa shape index (κ2) is 10.2. The number of nitrogens with one attached hydrogen (secondary N) is 1. The van der Waals surface area contributed by atoms with Crippen molar-refractivity contribution in [1.82, 2.24) is 25.3 Å². The van der Waals surface area contributed by atoms with E-state index in [1.807, 2.05) is 45.0 Å². The molecule has 0 aliphatic rings. The van der Waals surface area contributed by atoms with Gasteiger partial charge in [0.15, 0.2) is 0 Å². The maximum absolute atomic E-state index is 13.9. The van der Waals surface area contributed by atoms with Gasteiger partial charge >= 0.3 is 0 Å². The number of amides is 2. The van der Waals surface area contributed by atoms with Gasteiger partial charge in [-0.1, -0.05) is 54.1 Å². The SMILES string of the molecule is CCC(C)(C)NC(=O)[C@H](c1cccnc1)N(C(=O)Cn1nnc2ccccc21)c1ccccc1Cl. The monoisotopic (exact) mass is 490 g/mol.